The number of aryl methyl sites for hydroxylation is 2. The van der Waals surface area contributed by atoms with Crippen molar-refractivity contribution in [1.29, 1.82) is 0 Å². The zero-order valence-corrected chi connectivity index (χ0v) is 29.1. The minimum atomic E-state index is -0.0793. The van der Waals surface area contributed by atoms with E-state index in [0.717, 1.165) is 59.4 Å². The van der Waals surface area contributed by atoms with Crippen molar-refractivity contribution in [2.75, 3.05) is 11.5 Å². The zero-order chi connectivity index (χ0) is 29.8. The Morgan fingerprint density at radius 1 is 0.487 bits per heavy atom. The number of hydrogen-bond acceptors (Lipinski definition) is 5. The topological polar surface area (TPSA) is 40.5 Å². The van der Waals surface area contributed by atoms with E-state index in [1.165, 1.54) is 11.1 Å². The molecule has 0 aliphatic heterocycles. The van der Waals surface area contributed by atoms with Crippen molar-refractivity contribution in [2.24, 2.45) is 0 Å². The first-order valence-corrected chi connectivity index (χ1v) is 18.2. The molecule has 0 radical (unpaired) electrons. The third-order valence-corrected chi connectivity index (χ3v) is 11.5. The van der Waals surface area contributed by atoms with Gasteiger partial charge in [0, 0.05) is 11.5 Å². The van der Waals surface area contributed by atoms with E-state index in [1.807, 2.05) is 31.4 Å². The average molecular weight is 591 g/mol. The van der Waals surface area contributed by atoms with Crippen LogP contribution in [0.1, 0.15) is 129 Å². The van der Waals surface area contributed by atoms with E-state index >= 15 is 0 Å². The molecule has 0 aliphatic rings. The second-order valence-electron chi connectivity index (χ2n) is 15.0. The van der Waals surface area contributed by atoms with Gasteiger partial charge in [-0.05, 0) is 90.5 Å². The highest BCUT2D eigenvalue weighted by molar-refractivity contribution is 9.09. The summed E-state index contributed by atoms with van der Waals surface area (Å²) in [5, 5.41) is 21.9. The van der Waals surface area contributed by atoms with Gasteiger partial charge in [0.25, 0.3) is 0 Å². The summed E-state index contributed by atoms with van der Waals surface area (Å²) in [6, 6.07) is 8.88. The summed E-state index contributed by atoms with van der Waals surface area (Å²) >= 11 is 0. The summed E-state index contributed by atoms with van der Waals surface area (Å²) in [4.78, 5) is 0. The molecule has 2 nitrogen and oxygen atoms in total. The van der Waals surface area contributed by atoms with Gasteiger partial charge in [0.15, 0.2) is 0 Å². The number of phenolic OH excluding ortho intramolecular Hbond substituents is 2. The molecule has 0 unspecified atom stereocenters. The standard InChI is InChI=1S/C34H54O2S3/c1-31(2,3)25-19-23(20-26(29(25)35)32(4,5)6)15-13-17-37-39-38-18-14-16-24-21-27(33(7,8)9)30(36)28(22-24)34(10,11)12/h19-22,35-36H,13-18H2,1-12H3. The van der Waals surface area contributed by atoms with Gasteiger partial charge in [0.1, 0.15) is 11.5 Å². The van der Waals surface area contributed by atoms with Crippen molar-refractivity contribution in [2.45, 2.75) is 130 Å². The highest BCUT2D eigenvalue weighted by Crippen LogP contribution is 2.42. The lowest BCUT2D eigenvalue weighted by atomic mass is 9.78. The van der Waals surface area contributed by atoms with Crippen molar-refractivity contribution in [3.05, 3.63) is 57.6 Å². The molecule has 0 saturated heterocycles. The smallest absolute Gasteiger partial charge is 0.123 e. The van der Waals surface area contributed by atoms with Gasteiger partial charge in [-0.15, -0.1) is 0 Å². The lowest BCUT2D eigenvalue weighted by molar-refractivity contribution is 0.421. The minimum absolute atomic E-state index is 0.0793. The predicted octanol–water partition coefficient (Wildman–Crippen LogP) is 10.9. The van der Waals surface area contributed by atoms with E-state index in [0.29, 0.717) is 11.5 Å². The monoisotopic (exact) mass is 590 g/mol. The van der Waals surface area contributed by atoms with Crippen LogP contribution in [0.15, 0.2) is 24.3 Å². The van der Waals surface area contributed by atoms with Gasteiger partial charge in [-0.3, -0.25) is 0 Å². The second kappa shape index (κ2) is 13.4. The van der Waals surface area contributed by atoms with E-state index in [2.05, 4.69) is 107 Å². The number of aromatic hydroxyl groups is 2. The van der Waals surface area contributed by atoms with Crippen LogP contribution in [0.2, 0.25) is 0 Å². The third kappa shape index (κ3) is 10.1. The second-order valence-corrected chi connectivity index (χ2v) is 19.5. The van der Waals surface area contributed by atoms with E-state index in [1.54, 1.807) is 0 Å². The highest BCUT2D eigenvalue weighted by Gasteiger charge is 2.27. The van der Waals surface area contributed by atoms with Gasteiger partial charge < -0.3 is 10.2 Å². The molecule has 0 fully saturated rings. The van der Waals surface area contributed by atoms with Crippen molar-refractivity contribution >= 4 is 31.4 Å². The first kappa shape index (κ1) is 34.3. The Labute approximate surface area is 251 Å². The summed E-state index contributed by atoms with van der Waals surface area (Å²) in [6.45, 7) is 26.1. The van der Waals surface area contributed by atoms with Crippen LogP contribution in [0.4, 0.5) is 0 Å². The lowest BCUT2D eigenvalue weighted by Crippen LogP contribution is -2.18. The van der Waals surface area contributed by atoms with Crippen LogP contribution in [0.25, 0.3) is 0 Å². The van der Waals surface area contributed by atoms with Gasteiger partial charge in [0.2, 0.25) is 0 Å². The maximum atomic E-state index is 11.0. The molecule has 0 atom stereocenters. The summed E-state index contributed by atoms with van der Waals surface area (Å²) in [7, 11) is 5.82. The summed E-state index contributed by atoms with van der Waals surface area (Å²) in [5.41, 5.74) is 6.57. The fourth-order valence-electron chi connectivity index (χ4n) is 4.74. The molecule has 2 rings (SSSR count). The van der Waals surface area contributed by atoms with Crippen molar-refractivity contribution < 1.29 is 10.2 Å². The van der Waals surface area contributed by atoms with Gasteiger partial charge in [-0.2, -0.15) is 0 Å². The Morgan fingerprint density at radius 3 is 0.974 bits per heavy atom. The van der Waals surface area contributed by atoms with E-state index in [4.69, 9.17) is 0 Å². The number of rotatable bonds is 10. The number of hydrogen-bond donors (Lipinski definition) is 2. The highest BCUT2D eigenvalue weighted by atomic mass is 33.5. The molecule has 220 valence electrons. The summed E-state index contributed by atoms with van der Waals surface area (Å²) in [5.74, 6) is 3.18. The molecule has 0 amide bonds. The number of phenols is 2. The van der Waals surface area contributed by atoms with Crippen LogP contribution < -0.4 is 0 Å². The minimum Gasteiger partial charge on any atom is -0.507 e. The van der Waals surface area contributed by atoms with Crippen molar-refractivity contribution in [3.8, 4) is 11.5 Å². The normalized spacial score (nSPS) is 13.2. The molecular formula is C34H54O2S3. The summed E-state index contributed by atoms with van der Waals surface area (Å²) < 4.78 is 0. The average Bonchev–Trinajstić information content (AvgIpc) is 2.76. The predicted molar refractivity (Wildman–Crippen MR) is 180 cm³/mol. The van der Waals surface area contributed by atoms with Gasteiger partial charge >= 0.3 is 0 Å². The van der Waals surface area contributed by atoms with Crippen molar-refractivity contribution in [3.63, 3.8) is 0 Å². The molecule has 2 aromatic carbocycles. The SMILES string of the molecule is CC(C)(C)c1cc(CCCSSSCCCc2cc(C(C)(C)C)c(O)c(C(C)(C)C)c2)cc(C(C)(C)C)c1O. The van der Waals surface area contributed by atoms with Crippen LogP contribution >= 0.6 is 31.4 Å². The van der Waals surface area contributed by atoms with E-state index in [9.17, 15) is 10.2 Å². The first-order chi connectivity index (χ1) is 17.7. The molecule has 0 aliphatic carbocycles. The maximum absolute atomic E-state index is 11.0. The Hall–Kier alpha value is -0.910. The van der Waals surface area contributed by atoms with E-state index in [-0.39, 0.29) is 21.7 Å². The lowest BCUT2D eigenvalue weighted by Gasteiger charge is -2.28. The van der Waals surface area contributed by atoms with Crippen LogP contribution in [0.5, 0.6) is 11.5 Å². The molecule has 39 heavy (non-hydrogen) atoms. The first-order valence-electron chi connectivity index (χ1n) is 14.4. The zero-order valence-electron chi connectivity index (χ0n) is 26.7. The molecule has 0 spiro atoms. The quantitative estimate of drug-likeness (QED) is 0.213. The van der Waals surface area contributed by atoms with Crippen LogP contribution in [-0.4, -0.2) is 21.7 Å². The Morgan fingerprint density at radius 2 is 0.744 bits per heavy atom. The molecule has 2 N–H and O–H groups in total. The Bertz CT molecular complexity index is 936. The Kier molecular flexibility index (Phi) is 11.8. The van der Waals surface area contributed by atoms with Crippen LogP contribution in [0.3, 0.4) is 0 Å². The third-order valence-electron chi connectivity index (χ3n) is 7.05. The Balaban J connectivity index is 1.84. The summed E-state index contributed by atoms with van der Waals surface area (Å²) in [6.07, 6.45) is 4.35. The fourth-order valence-corrected chi connectivity index (χ4v) is 8.62. The van der Waals surface area contributed by atoms with Gasteiger partial charge in [-0.25, -0.2) is 0 Å². The molecule has 0 saturated carbocycles. The molecule has 5 heteroatoms. The van der Waals surface area contributed by atoms with Gasteiger partial charge in [-0.1, -0.05) is 129 Å². The molecule has 0 bridgehead atoms. The van der Waals surface area contributed by atoms with Crippen molar-refractivity contribution in [1.82, 2.24) is 0 Å². The number of benzene rings is 2. The van der Waals surface area contributed by atoms with Crippen LogP contribution in [0, 0.1) is 0 Å². The molecule has 0 aromatic heterocycles. The van der Waals surface area contributed by atoms with Gasteiger partial charge in [0.05, 0.1) is 0 Å². The van der Waals surface area contributed by atoms with Crippen LogP contribution in [-0.2, 0) is 34.5 Å². The largest absolute Gasteiger partial charge is 0.507 e. The molecule has 0 heterocycles. The van der Waals surface area contributed by atoms with E-state index < -0.39 is 0 Å². The maximum Gasteiger partial charge on any atom is 0.123 e. The fraction of sp³-hybridized carbons (Fsp3) is 0.647. The molecule has 2 aromatic rings. The molecular weight excluding hydrogens is 537 g/mol.